The highest BCUT2D eigenvalue weighted by molar-refractivity contribution is 5.42. The van der Waals surface area contributed by atoms with Crippen molar-refractivity contribution in [1.82, 2.24) is 0 Å². The van der Waals surface area contributed by atoms with Gasteiger partial charge in [0.05, 0.1) is 7.11 Å². The van der Waals surface area contributed by atoms with Gasteiger partial charge in [-0.05, 0) is 36.6 Å². The molecule has 2 aromatic rings. The fourth-order valence-electron chi connectivity index (χ4n) is 2.96. The normalized spacial score (nSPS) is 17.0. The molecular formula is C20H26NO3+. The minimum absolute atomic E-state index is 0.417. The predicted octanol–water partition coefficient (Wildman–Crippen LogP) is 2.52. The lowest BCUT2D eigenvalue weighted by molar-refractivity contribution is -0.676. The van der Waals surface area contributed by atoms with E-state index >= 15 is 0 Å². The van der Waals surface area contributed by atoms with E-state index in [1.54, 1.807) is 7.11 Å². The molecule has 2 aromatic carbocycles. The zero-order valence-electron chi connectivity index (χ0n) is 14.2. The highest BCUT2D eigenvalue weighted by Crippen LogP contribution is 2.28. The first-order valence-corrected chi connectivity index (χ1v) is 8.62. The first-order chi connectivity index (χ1) is 11.8. The van der Waals surface area contributed by atoms with E-state index in [-0.39, 0.29) is 0 Å². The van der Waals surface area contributed by atoms with Gasteiger partial charge in [-0.3, -0.25) is 0 Å². The van der Waals surface area contributed by atoms with Crippen LogP contribution in [0.5, 0.6) is 11.5 Å². The lowest BCUT2D eigenvalue weighted by Gasteiger charge is -2.13. The molecule has 128 valence electrons. The van der Waals surface area contributed by atoms with Crippen LogP contribution in [0.15, 0.2) is 48.5 Å². The van der Waals surface area contributed by atoms with Crippen LogP contribution in [0.1, 0.15) is 24.0 Å². The van der Waals surface area contributed by atoms with Crippen molar-refractivity contribution < 1.29 is 19.5 Å². The number of methoxy groups -OCH3 is 1. The van der Waals surface area contributed by atoms with Gasteiger partial charge in [-0.1, -0.05) is 30.3 Å². The van der Waals surface area contributed by atoms with E-state index in [2.05, 4.69) is 29.6 Å². The highest BCUT2D eigenvalue weighted by atomic mass is 16.5. The Morgan fingerprint density at radius 1 is 1.08 bits per heavy atom. The molecule has 0 bridgehead atoms. The monoisotopic (exact) mass is 328 g/mol. The molecule has 1 atom stereocenters. The van der Waals surface area contributed by atoms with Crippen LogP contribution >= 0.6 is 0 Å². The third-order valence-electron chi connectivity index (χ3n) is 4.30. The molecule has 4 nitrogen and oxygen atoms in total. The van der Waals surface area contributed by atoms with Gasteiger partial charge in [0.2, 0.25) is 0 Å². The molecular weight excluding hydrogens is 302 g/mol. The molecule has 0 spiro atoms. The summed E-state index contributed by atoms with van der Waals surface area (Å²) >= 11 is 0. The van der Waals surface area contributed by atoms with Crippen LogP contribution in [0.25, 0.3) is 0 Å². The first kappa shape index (κ1) is 16.8. The van der Waals surface area contributed by atoms with E-state index in [0.717, 1.165) is 36.8 Å². The Morgan fingerprint density at radius 3 is 2.71 bits per heavy atom. The minimum Gasteiger partial charge on any atom is -0.493 e. The van der Waals surface area contributed by atoms with Crippen LogP contribution < -0.4 is 14.8 Å². The second-order valence-electron chi connectivity index (χ2n) is 6.12. The molecule has 2 N–H and O–H groups in total. The van der Waals surface area contributed by atoms with E-state index in [0.29, 0.717) is 12.7 Å². The lowest BCUT2D eigenvalue weighted by atomic mass is 10.2. The highest BCUT2D eigenvalue weighted by Gasteiger charge is 2.17. The Hall–Kier alpha value is -2.04. The van der Waals surface area contributed by atoms with Crippen molar-refractivity contribution in [2.24, 2.45) is 0 Å². The van der Waals surface area contributed by atoms with E-state index in [4.69, 9.17) is 14.2 Å². The van der Waals surface area contributed by atoms with Gasteiger partial charge in [0.15, 0.2) is 11.5 Å². The Labute approximate surface area is 143 Å². The SMILES string of the molecule is COc1cc(C[NH2+]C[C@@H]2CCCO2)ccc1OCc1ccccc1. The topological polar surface area (TPSA) is 44.3 Å². The van der Waals surface area contributed by atoms with Crippen LogP contribution in [-0.4, -0.2) is 26.4 Å². The Balaban J connectivity index is 1.53. The molecule has 4 heteroatoms. The summed E-state index contributed by atoms with van der Waals surface area (Å²) < 4.78 is 17.0. The van der Waals surface area contributed by atoms with Crippen LogP contribution in [0.4, 0.5) is 0 Å². The maximum Gasteiger partial charge on any atom is 0.161 e. The van der Waals surface area contributed by atoms with Gasteiger partial charge in [0, 0.05) is 12.2 Å². The molecule has 24 heavy (non-hydrogen) atoms. The number of quaternary nitrogens is 1. The summed E-state index contributed by atoms with van der Waals surface area (Å²) in [6.45, 7) is 3.41. The van der Waals surface area contributed by atoms with Crippen LogP contribution in [0.3, 0.4) is 0 Å². The largest absolute Gasteiger partial charge is 0.493 e. The number of benzene rings is 2. The van der Waals surface area contributed by atoms with Crippen LogP contribution in [-0.2, 0) is 17.9 Å². The molecule has 0 aromatic heterocycles. The first-order valence-electron chi connectivity index (χ1n) is 8.62. The fraction of sp³-hybridized carbons (Fsp3) is 0.400. The molecule has 0 aliphatic carbocycles. The maximum atomic E-state index is 5.90. The Bertz CT molecular complexity index is 624. The molecule has 1 heterocycles. The molecule has 1 fully saturated rings. The van der Waals surface area contributed by atoms with Crippen molar-refractivity contribution >= 4 is 0 Å². The van der Waals surface area contributed by atoms with Crippen molar-refractivity contribution in [2.45, 2.75) is 32.1 Å². The molecule has 0 unspecified atom stereocenters. The van der Waals surface area contributed by atoms with E-state index in [9.17, 15) is 0 Å². The summed E-state index contributed by atoms with van der Waals surface area (Å²) in [7, 11) is 1.69. The second kappa shape index (κ2) is 8.71. The molecule has 3 rings (SSSR count). The van der Waals surface area contributed by atoms with Gasteiger partial charge in [-0.25, -0.2) is 0 Å². The zero-order valence-corrected chi connectivity index (χ0v) is 14.2. The van der Waals surface area contributed by atoms with Gasteiger partial charge in [0.1, 0.15) is 25.8 Å². The quantitative estimate of drug-likeness (QED) is 0.810. The third-order valence-corrected chi connectivity index (χ3v) is 4.30. The summed E-state index contributed by atoms with van der Waals surface area (Å²) in [5, 5.41) is 2.30. The van der Waals surface area contributed by atoms with Crippen molar-refractivity contribution in [3.63, 3.8) is 0 Å². The molecule has 0 amide bonds. The molecule has 1 saturated heterocycles. The Kier molecular flexibility index (Phi) is 6.10. The van der Waals surface area contributed by atoms with E-state index < -0.39 is 0 Å². The zero-order chi connectivity index (χ0) is 16.6. The van der Waals surface area contributed by atoms with Crippen molar-refractivity contribution in [1.29, 1.82) is 0 Å². The summed E-state index contributed by atoms with van der Waals surface area (Å²) in [6.07, 6.45) is 2.80. The molecule has 0 saturated carbocycles. The number of ether oxygens (including phenoxy) is 3. The summed E-state index contributed by atoms with van der Waals surface area (Å²) in [6, 6.07) is 16.3. The second-order valence-corrected chi connectivity index (χ2v) is 6.12. The van der Waals surface area contributed by atoms with Gasteiger partial charge < -0.3 is 19.5 Å². The number of hydrogen-bond acceptors (Lipinski definition) is 3. The van der Waals surface area contributed by atoms with Crippen molar-refractivity contribution in [3.05, 3.63) is 59.7 Å². The van der Waals surface area contributed by atoms with E-state index in [1.165, 1.54) is 18.4 Å². The number of nitrogens with two attached hydrogens (primary N) is 1. The maximum absolute atomic E-state index is 5.90. The summed E-state index contributed by atoms with van der Waals surface area (Å²) in [4.78, 5) is 0. The Morgan fingerprint density at radius 2 is 1.96 bits per heavy atom. The average molecular weight is 328 g/mol. The number of hydrogen-bond donors (Lipinski definition) is 1. The van der Waals surface area contributed by atoms with Crippen molar-refractivity contribution in [3.8, 4) is 11.5 Å². The molecule has 0 radical (unpaired) electrons. The summed E-state index contributed by atoms with van der Waals surface area (Å²) in [5.74, 6) is 1.57. The standard InChI is InChI=1S/C20H25NO3/c1-22-20-12-17(13-21-14-18-8-5-11-23-18)9-10-19(20)24-15-16-6-3-2-4-7-16/h2-4,6-7,9-10,12,18,21H,5,8,11,13-15H2,1H3/p+1/t18-/m0/s1. The van der Waals surface area contributed by atoms with Gasteiger partial charge >= 0.3 is 0 Å². The number of rotatable bonds is 8. The summed E-state index contributed by atoms with van der Waals surface area (Å²) in [5.41, 5.74) is 2.38. The van der Waals surface area contributed by atoms with Gasteiger partial charge in [-0.2, -0.15) is 0 Å². The van der Waals surface area contributed by atoms with Crippen molar-refractivity contribution in [2.75, 3.05) is 20.3 Å². The third kappa shape index (κ3) is 4.73. The minimum atomic E-state index is 0.417. The van der Waals surface area contributed by atoms with Crippen LogP contribution in [0, 0.1) is 0 Å². The fourth-order valence-corrected chi connectivity index (χ4v) is 2.96. The van der Waals surface area contributed by atoms with Gasteiger partial charge in [-0.15, -0.1) is 0 Å². The molecule has 1 aliphatic rings. The predicted molar refractivity (Wildman–Crippen MR) is 93.2 cm³/mol. The average Bonchev–Trinajstić information content (AvgIpc) is 3.15. The van der Waals surface area contributed by atoms with E-state index in [1.807, 2.05) is 24.3 Å². The van der Waals surface area contributed by atoms with Crippen LogP contribution in [0.2, 0.25) is 0 Å². The molecule has 1 aliphatic heterocycles. The van der Waals surface area contributed by atoms with Gasteiger partial charge in [0.25, 0.3) is 0 Å². The smallest absolute Gasteiger partial charge is 0.161 e. The lowest BCUT2D eigenvalue weighted by Crippen LogP contribution is -2.84.